The highest BCUT2D eigenvalue weighted by Crippen LogP contribution is 2.12. The molecule has 0 atom stereocenters. The molecule has 0 aliphatic rings. The van der Waals surface area contributed by atoms with Gasteiger partial charge in [-0.15, -0.1) is 0 Å². The molecule has 0 radical (unpaired) electrons. The SMILES string of the molecule is COCc1ccc(CNc2cnn(CCO)c2)o1. The molecule has 2 N–H and O–H groups in total. The molecule has 98 valence electrons. The summed E-state index contributed by atoms with van der Waals surface area (Å²) in [5.41, 5.74) is 0.896. The molecule has 0 saturated heterocycles. The molecule has 0 spiro atoms. The quantitative estimate of drug-likeness (QED) is 0.774. The number of furan rings is 1. The molecule has 0 bridgehead atoms. The lowest BCUT2D eigenvalue weighted by Gasteiger charge is -2.00. The number of hydrogen-bond acceptors (Lipinski definition) is 5. The Labute approximate surface area is 105 Å². The first kappa shape index (κ1) is 12.7. The van der Waals surface area contributed by atoms with Crippen LogP contribution in [-0.4, -0.2) is 28.6 Å². The summed E-state index contributed by atoms with van der Waals surface area (Å²) in [6.07, 6.45) is 3.56. The summed E-state index contributed by atoms with van der Waals surface area (Å²) in [6, 6.07) is 3.81. The molecule has 0 aromatic carbocycles. The molecule has 0 saturated carbocycles. The maximum atomic E-state index is 8.78. The number of aliphatic hydroxyl groups excluding tert-OH is 1. The second kappa shape index (κ2) is 6.23. The van der Waals surface area contributed by atoms with Crippen molar-refractivity contribution in [1.29, 1.82) is 0 Å². The third kappa shape index (κ3) is 3.35. The van der Waals surface area contributed by atoms with E-state index in [-0.39, 0.29) is 6.61 Å². The highest BCUT2D eigenvalue weighted by Gasteiger charge is 2.03. The van der Waals surface area contributed by atoms with Gasteiger partial charge in [-0.1, -0.05) is 0 Å². The van der Waals surface area contributed by atoms with Crippen molar-refractivity contribution < 1.29 is 14.3 Å². The first-order valence-electron chi connectivity index (χ1n) is 5.75. The summed E-state index contributed by atoms with van der Waals surface area (Å²) in [7, 11) is 1.63. The molecule has 6 nitrogen and oxygen atoms in total. The van der Waals surface area contributed by atoms with Gasteiger partial charge >= 0.3 is 0 Å². The first-order chi connectivity index (χ1) is 8.81. The van der Waals surface area contributed by atoms with E-state index in [2.05, 4.69) is 10.4 Å². The van der Waals surface area contributed by atoms with Crippen LogP contribution >= 0.6 is 0 Å². The fourth-order valence-corrected chi connectivity index (χ4v) is 1.61. The van der Waals surface area contributed by atoms with E-state index >= 15 is 0 Å². The molecule has 0 fully saturated rings. The van der Waals surface area contributed by atoms with E-state index in [1.165, 1.54) is 0 Å². The fourth-order valence-electron chi connectivity index (χ4n) is 1.61. The average Bonchev–Trinajstić information content (AvgIpc) is 2.97. The number of rotatable bonds is 7. The molecular weight excluding hydrogens is 234 g/mol. The molecule has 2 aromatic rings. The summed E-state index contributed by atoms with van der Waals surface area (Å²) in [6.45, 7) is 1.66. The Balaban J connectivity index is 1.85. The van der Waals surface area contributed by atoms with Gasteiger partial charge in [-0.3, -0.25) is 4.68 Å². The number of aromatic nitrogens is 2. The van der Waals surface area contributed by atoms with Gasteiger partial charge in [-0.05, 0) is 12.1 Å². The minimum Gasteiger partial charge on any atom is -0.462 e. The summed E-state index contributed by atoms with van der Waals surface area (Å²) in [4.78, 5) is 0. The summed E-state index contributed by atoms with van der Waals surface area (Å²) < 4.78 is 12.2. The highest BCUT2D eigenvalue weighted by atomic mass is 16.5. The predicted molar refractivity (Wildman–Crippen MR) is 66.1 cm³/mol. The summed E-state index contributed by atoms with van der Waals surface area (Å²) >= 11 is 0. The highest BCUT2D eigenvalue weighted by molar-refractivity contribution is 5.38. The second-order valence-electron chi connectivity index (χ2n) is 3.87. The number of aliphatic hydroxyl groups is 1. The van der Waals surface area contributed by atoms with Crippen LogP contribution in [0.15, 0.2) is 28.9 Å². The van der Waals surface area contributed by atoms with Gasteiger partial charge in [0.1, 0.15) is 18.1 Å². The van der Waals surface area contributed by atoms with E-state index in [9.17, 15) is 0 Å². The Morgan fingerprint density at radius 1 is 1.44 bits per heavy atom. The van der Waals surface area contributed by atoms with E-state index in [4.69, 9.17) is 14.3 Å². The van der Waals surface area contributed by atoms with Crippen LogP contribution in [0.1, 0.15) is 11.5 Å². The number of hydrogen-bond donors (Lipinski definition) is 2. The van der Waals surface area contributed by atoms with Gasteiger partial charge in [0.2, 0.25) is 0 Å². The zero-order valence-corrected chi connectivity index (χ0v) is 10.3. The maximum absolute atomic E-state index is 8.78. The number of nitrogens with zero attached hydrogens (tertiary/aromatic N) is 2. The molecule has 0 amide bonds. The van der Waals surface area contributed by atoms with Crippen molar-refractivity contribution in [3.63, 3.8) is 0 Å². The maximum Gasteiger partial charge on any atom is 0.129 e. The van der Waals surface area contributed by atoms with Gasteiger partial charge in [-0.2, -0.15) is 5.10 Å². The standard InChI is InChI=1S/C12H17N3O3/c1-17-9-12-3-2-11(18-12)7-13-10-6-14-15(8-10)4-5-16/h2-3,6,8,13,16H,4-5,7,9H2,1H3. The van der Waals surface area contributed by atoms with Gasteiger partial charge in [0, 0.05) is 13.3 Å². The number of methoxy groups -OCH3 is 1. The molecule has 6 heteroatoms. The number of nitrogens with one attached hydrogen (secondary N) is 1. The first-order valence-corrected chi connectivity index (χ1v) is 5.75. The van der Waals surface area contributed by atoms with Crippen molar-refractivity contribution in [2.45, 2.75) is 19.7 Å². The van der Waals surface area contributed by atoms with Crippen LogP contribution in [0.3, 0.4) is 0 Å². The van der Waals surface area contributed by atoms with Gasteiger partial charge in [-0.25, -0.2) is 0 Å². The minimum absolute atomic E-state index is 0.0830. The van der Waals surface area contributed by atoms with Crippen molar-refractivity contribution >= 4 is 5.69 Å². The average molecular weight is 251 g/mol. The monoisotopic (exact) mass is 251 g/mol. The minimum atomic E-state index is 0.0830. The lowest BCUT2D eigenvalue weighted by Crippen LogP contribution is -2.02. The number of anilines is 1. The van der Waals surface area contributed by atoms with Crippen molar-refractivity contribution in [1.82, 2.24) is 9.78 Å². The van der Waals surface area contributed by atoms with Crippen LogP contribution in [0.2, 0.25) is 0 Å². The Hall–Kier alpha value is -1.79. The van der Waals surface area contributed by atoms with E-state index < -0.39 is 0 Å². The molecule has 2 heterocycles. The Bertz CT molecular complexity index is 434. The number of ether oxygens (including phenoxy) is 1. The Morgan fingerprint density at radius 3 is 3.06 bits per heavy atom. The molecular formula is C12H17N3O3. The normalized spacial score (nSPS) is 10.8. The van der Waals surface area contributed by atoms with Crippen LogP contribution in [0.25, 0.3) is 0 Å². The Morgan fingerprint density at radius 2 is 2.28 bits per heavy atom. The molecule has 0 aliphatic heterocycles. The summed E-state index contributed by atoms with van der Waals surface area (Å²) in [5.74, 6) is 1.65. The predicted octanol–water partition coefficient (Wildman–Crippen LogP) is 1.23. The van der Waals surface area contributed by atoms with Crippen LogP contribution in [0.4, 0.5) is 5.69 Å². The smallest absolute Gasteiger partial charge is 0.129 e. The summed E-state index contributed by atoms with van der Waals surface area (Å²) in [5, 5.41) is 16.1. The largest absolute Gasteiger partial charge is 0.462 e. The molecule has 0 unspecified atom stereocenters. The van der Waals surface area contributed by atoms with Crippen LogP contribution in [-0.2, 0) is 24.4 Å². The molecule has 18 heavy (non-hydrogen) atoms. The zero-order valence-electron chi connectivity index (χ0n) is 10.3. The van der Waals surface area contributed by atoms with Gasteiger partial charge < -0.3 is 19.6 Å². The van der Waals surface area contributed by atoms with Crippen LogP contribution in [0, 0.1) is 0 Å². The van der Waals surface area contributed by atoms with Gasteiger partial charge in [0.25, 0.3) is 0 Å². The van der Waals surface area contributed by atoms with E-state index in [1.807, 2.05) is 18.3 Å². The third-order valence-electron chi connectivity index (χ3n) is 2.43. The second-order valence-corrected chi connectivity index (χ2v) is 3.87. The Kier molecular flexibility index (Phi) is 4.38. The zero-order chi connectivity index (χ0) is 12.8. The topological polar surface area (TPSA) is 72.5 Å². The van der Waals surface area contributed by atoms with Crippen LogP contribution < -0.4 is 5.32 Å². The van der Waals surface area contributed by atoms with Crippen molar-refractivity contribution in [3.05, 3.63) is 36.0 Å². The van der Waals surface area contributed by atoms with Gasteiger partial charge in [0.15, 0.2) is 0 Å². The third-order valence-corrected chi connectivity index (χ3v) is 2.43. The lowest BCUT2D eigenvalue weighted by molar-refractivity contribution is 0.163. The molecule has 2 aromatic heterocycles. The fraction of sp³-hybridized carbons (Fsp3) is 0.417. The van der Waals surface area contributed by atoms with Crippen LogP contribution in [0.5, 0.6) is 0 Å². The van der Waals surface area contributed by atoms with E-state index in [0.717, 1.165) is 17.2 Å². The van der Waals surface area contributed by atoms with E-state index in [0.29, 0.717) is 19.7 Å². The van der Waals surface area contributed by atoms with Crippen molar-refractivity contribution in [2.24, 2.45) is 0 Å². The molecule has 2 rings (SSSR count). The van der Waals surface area contributed by atoms with E-state index in [1.54, 1.807) is 18.0 Å². The van der Waals surface area contributed by atoms with Crippen molar-refractivity contribution in [2.75, 3.05) is 19.0 Å². The van der Waals surface area contributed by atoms with Gasteiger partial charge in [0.05, 0.1) is 31.6 Å². The van der Waals surface area contributed by atoms with Crippen molar-refractivity contribution in [3.8, 4) is 0 Å². The molecule has 0 aliphatic carbocycles. The lowest BCUT2D eigenvalue weighted by atomic mass is 10.4.